The summed E-state index contributed by atoms with van der Waals surface area (Å²) in [5, 5.41) is 9.18. The van der Waals surface area contributed by atoms with Crippen molar-refractivity contribution in [1.29, 1.82) is 0 Å². The molecule has 1 aliphatic heterocycles. The Balaban J connectivity index is 2.00. The molecule has 1 atom stereocenters. The van der Waals surface area contributed by atoms with Gasteiger partial charge < -0.3 is 10.0 Å². The smallest absolute Gasteiger partial charge is 0.222 e. The summed E-state index contributed by atoms with van der Waals surface area (Å²) < 4.78 is 24.4. The molecule has 1 aromatic rings. The Morgan fingerprint density at radius 3 is 2.50 bits per heavy atom. The van der Waals surface area contributed by atoms with E-state index in [4.69, 9.17) is 0 Å². The van der Waals surface area contributed by atoms with E-state index >= 15 is 0 Å². The molecule has 1 N–H and O–H groups in total. The molecule has 0 radical (unpaired) electrons. The molecular weight excluding hydrogens is 278 g/mol. The average molecular weight is 297 g/mol. The van der Waals surface area contributed by atoms with Crippen LogP contribution in [0.15, 0.2) is 29.2 Å². The van der Waals surface area contributed by atoms with E-state index in [1.165, 1.54) is 24.3 Å². The lowest BCUT2D eigenvalue weighted by Gasteiger charge is -2.20. The summed E-state index contributed by atoms with van der Waals surface area (Å²) in [6.45, 7) is 3.04. The highest BCUT2D eigenvalue weighted by Crippen LogP contribution is 2.19. The molecule has 0 saturated carbocycles. The monoisotopic (exact) mass is 297 g/mol. The Morgan fingerprint density at radius 1 is 1.30 bits per heavy atom. The van der Waals surface area contributed by atoms with Crippen molar-refractivity contribution < 1.29 is 18.3 Å². The molecule has 1 fully saturated rings. The first kappa shape index (κ1) is 14.8. The molecule has 1 heterocycles. The van der Waals surface area contributed by atoms with Crippen molar-refractivity contribution in [2.75, 3.05) is 18.8 Å². The fourth-order valence-electron chi connectivity index (χ4n) is 2.45. The van der Waals surface area contributed by atoms with Crippen molar-refractivity contribution in [2.24, 2.45) is 5.92 Å². The molecule has 1 amide bonds. The van der Waals surface area contributed by atoms with E-state index in [1.807, 2.05) is 6.92 Å². The molecular formula is C14H19NO4S. The van der Waals surface area contributed by atoms with Gasteiger partial charge in [0.15, 0.2) is 9.84 Å². The van der Waals surface area contributed by atoms with Crippen molar-refractivity contribution in [3.8, 4) is 5.75 Å². The largest absolute Gasteiger partial charge is 0.508 e. The molecule has 110 valence electrons. The van der Waals surface area contributed by atoms with Gasteiger partial charge in [-0.25, -0.2) is 8.42 Å². The van der Waals surface area contributed by atoms with Gasteiger partial charge in [0, 0.05) is 19.5 Å². The maximum atomic E-state index is 12.2. The van der Waals surface area contributed by atoms with E-state index in [9.17, 15) is 18.3 Å². The third-order valence-corrected chi connectivity index (χ3v) is 5.40. The Bertz CT molecular complexity index is 580. The number of aromatic hydroxyl groups is 1. The minimum Gasteiger partial charge on any atom is -0.508 e. The third kappa shape index (κ3) is 3.50. The van der Waals surface area contributed by atoms with Crippen LogP contribution in [-0.4, -0.2) is 43.2 Å². The fourth-order valence-corrected chi connectivity index (χ4v) is 4.05. The highest BCUT2D eigenvalue weighted by atomic mass is 32.2. The van der Waals surface area contributed by atoms with Crippen LogP contribution < -0.4 is 0 Å². The van der Waals surface area contributed by atoms with Gasteiger partial charge in [0.05, 0.1) is 10.6 Å². The quantitative estimate of drug-likeness (QED) is 0.892. The van der Waals surface area contributed by atoms with Crippen LogP contribution in [0, 0.1) is 5.92 Å². The van der Waals surface area contributed by atoms with E-state index < -0.39 is 9.84 Å². The first-order chi connectivity index (χ1) is 9.38. The Hall–Kier alpha value is -1.56. The SMILES string of the molecule is CC(CN1CCCC1=O)CS(=O)(=O)c1ccc(O)cc1. The van der Waals surface area contributed by atoms with Crippen molar-refractivity contribution in [1.82, 2.24) is 4.90 Å². The zero-order valence-corrected chi connectivity index (χ0v) is 12.3. The predicted octanol–water partition coefficient (Wildman–Crippen LogP) is 1.42. The van der Waals surface area contributed by atoms with Crippen molar-refractivity contribution >= 4 is 15.7 Å². The normalized spacial score (nSPS) is 17.4. The van der Waals surface area contributed by atoms with Gasteiger partial charge in [-0.05, 0) is 36.6 Å². The van der Waals surface area contributed by atoms with E-state index in [2.05, 4.69) is 0 Å². The van der Waals surface area contributed by atoms with Gasteiger partial charge in [-0.15, -0.1) is 0 Å². The molecule has 1 aromatic carbocycles. The molecule has 1 saturated heterocycles. The Morgan fingerprint density at radius 2 is 1.95 bits per heavy atom. The fraction of sp³-hybridized carbons (Fsp3) is 0.500. The Labute approximate surface area is 119 Å². The van der Waals surface area contributed by atoms with Gasteiger partial charge >= 0.3 is 0 Å². The van der Waals surface area contributed by atoms with Crippen LogP contribution in [0.3, 0.4) is 0 Å². The standard InChI is InChI=1S/C14H19NO4S/c1-11(9-15-8-2-3-14(15)17)10-20(18,19)13-6-4-12(16)5-7-13/h4-7,11,16H,2-3,8-10H2,1H3. The van der Waals surface area contributed by atoms with Gasteiger partial charge in [0.1, 0.15) is 5.75 Å². The molecule has 0 spiro atoms. The maximum absolute atomic E-state index is 12.2. The molecule has 0 aliphatic carbocycles. The lowest BCUT2D eigenvalue weighted by Crippen LogP contribution is -2.32. The van der Waals surface area contributed by atoms with Crippen LogP contribution in [0.1, 0.15) is 19.8 Å². The number of phenols is 1. The number of benzene rings is 1. The van der Waals surface area contributed by atoms with Crippen LogP contribution in [0.2, 0.25) is 0 Å². The number of rotatable bonds is 5. The minimum atomic E-state index is -3.38. The molecule has 20 heavy (non-hydrogen) atoms. The van der Waals surface area contributed by atoms with E-state index in [0.717, 1.165) is 13.0 Å². The number of amides is 1. The van der Waals surface area contributed by atoms with Crippen LogP contribution in [0.4, 0.5) is 0 Å². The zero-order chi connectivity index (χ0) is 14.8. The number of sulfone groups is 1. The zero-order valence-electron chi connectivity index (χ0n) is 11.4. The highest BCUT2D eigenvalue weighted by Gasteiger charge is 2.25. The summed E-state index contributed by atoms with van der Waals surface area (Å²) in [6.07, 6.45) is 1.42. The van der Waals surface area contributed by atoms with Gasteiger partial charge in [-0.2, -0.15) is 0 Å². The summed E-state index contributed by atoms with van der Waals surface area (Å²) >= 11 is 0. The number of likely N-dealkylation sites (tertiary alicyclic amines) is 1. The van der Waals surface area contributed by atoms with Crippen LogP contribution >= 0.6 is 0 Å². The summed E-state index contributed by atoms with van der Waals surface area (Å²) in [4.78, 5) is 13.5. The average Bonchev–Trinajstić information content (AvgIpc) is 2.74. The number of carbonyl (C=O) groups excluding carboxylic acids is 1. The second kappa shape index (κ2) is 5.83. The number of nitrogens with zero attached hydrogens (tertiary/aromatic N) is 1. The van der Waals surface area contributed by atoms with E-state index in [1.54, 1.807) is 4.90 Å². The molecule has 6 heteroatoms. The first-order valence-corrected chi connectivity index (χ1v) is 8.33. The number of hydrogen-bond donors (Lipinski definition) is 1. The summed E-state index contributed by atoms with van der Waals surface area (Å²) in [6, 6.07) is 5.53. The molecule has 0 aromatic heterocycles. The van der Waals surface area contributed by atoms with Crippen molar-refractivity contribution in [3.63, 3.8) is 0 Å². The van der Waals surface area contributed by atoms with Gasteiger partial charge in [-0.3, -0.25) is 4.79 Å². The van der Waals surface area contributed by atoms with Crippen LogP contribution in [0.5, 0.6) is 5.75 Å². The molecule has 1 unspecified atom stereocenters. The summed E-state index contributed by atoms with van der Waals surface area (Å²) in [5.74, 6) is 0.0380. The molecule has 5 nitrogen and oxygen atoms in total. The maximum Gasteiger partial charge on any atom is 0.222 e. The predicted molar refractivity (Wildman–Crippen MR) is 75.1 cm³/mol. The second-order valence-corrected chi connectivity index (χ2v) is 7.36. The third-order valence-electron chi connectivity index (χ3n) is 3.40. The molecule has 1 aliphatic rings. The highest BCUT2D eigenvalue weighted by molar-refractivity contribution is 7.91. The van der Waals surface area contributed by atoms with Crippen LogP contribution in [-0.2, 0) is 14.6 Å². The first-order valence-electron chi connectivity index (χ1n) is 6.68. The van der Waals surface area contributed by atoms with Gasteiger partial charge in [0.25, 0.3) is 0 Å². The molecule has 2 rings (SSSR count). The van der Waals surface area contributed by atoms with E-state index in [-0.39, 0.29) is 28.2 Å². The lowest BCUT2D eigenvalue weighted by molar-refractivity contribution is -0.128. The summed E-state index contributed by atoms with van der Waals surface area (Å²) in [5.41, 5.74) is 0. The van der Waals surface area contributed by atoms with Gasteiger partial charge in [0.2, 0.25) is 5.91 Å². The lowest BCUT2D eigenvalue weighted by atomic mass is 10.2. The van der Waals surface area contributed by atoms with Gasteiger partial charge in [-0.1, -0.05) is 6.92 Å². The topological polar surface area (TPSA) is 74.7 Å². The molecule has 0 bridgehead atoms. The summed E-state index contributed by atoms with van der Waals surface area (Å²) in [7, 11) is -3.38. The van der Waals surface area contributed by atoms with Crippen molar-refractivity contribution in [3.05, 3.63) is 24.3 Å². The van der Waals surface area contributed by atoms with Crippen LogP contribution in [0.25, 0.3) is 0 Å². The second-order valence-electron chi connectivity index (χ2n) is 5.32. The van der Waals surface area contributed by atoms with E-state index in [0.29, 0.717) is 13.0 Å². The number of phenolic OH excluding ortho intramolecular Hbond substituents is 1. The van der Waals surface area contributed by atoms with Crippen molar-refractivity contribution in [2.45, 2.75) is 24.7 Å². The number of carbonyl (C=O) groups is 1. The Kier molecular flexibility index (Phi) is 4.32. The minimum absolute atomic E-state index is 0.00154. The number of hydrogen-bond acceptors (Lipinski definition) is 4.